The Balaban J connectivity index is 1.36. The van der Waals surface area contributed by atoms with E-state index in [-0.39, 0.29) is 24.2 Å². The highest BCUT2D eigenvalue weighted by atomic mass is 16.6. The van der Waals surface area contributed by atoms with E-state index in [1.807, 2.05) is 65.0 Å². The minimum absolute atomic E-state index is 0.0161. The minimum atomic E-state index is -0.548. The smallest absolute Gasteiger partial charge is 0.313 e. The van der Waals surface area contributed by atoms with Gasteiger partial charge in [-0.25, -0.2) is 0 Å². The molecule has 0 aliphatic heterocycles. The van der Waals surface area contributed by atoms with Crippen LogP contribution in [-0.2, 0) is 14.3 Å². The third kappa shape index (κ3) is 8.22. The summed E-state index contributed by atoms with van der Waals surface area (Å²) in [5, 5.41) is 20.9. The molecule has 0 saturated heterocycles. The molecule has 4 rings (SSSR count). The molecule has 0 N–H and O–H groups in total. The van der Waals surface area contributed by atoms with Gasteiger partial charge in [0.15, 0.2) is 6.61 Å². The van der Waals surface area contributed by atoms with Crippen molar-refractivity contribution < 1.29 is 24.0 Å². The second-order valence-corrected chi connectivity index (χ2v) is 10.9. The third-order valence-electron chi connectivity index (χ3n) is 6.58. The Morgan fingerprint density at radius 2 is 1.47 bits per heavy atom. The Morgan fingerprint density at radius 3 is 2.05 bits per heavy atom. The molecule has 10 heteroatoms. The average Bonchev–Trinajstić information content (AvgIpc) is 2.98. The van der Waals surface area contributed by atoms with E-state index >= 15 is 0 Å². The lowest BCUT2D eigenvalue weighted by molar-refractivity contribution is -0.384. The van der Waals surface area contributed by atoms with Gasteiger partial charge in [0.1, 0.15) is 11.4 Å². The van der Waals surface area contributed by atoms with Crippen molar-refractivity contribution in [2.24, 2.45) is 10.2 Å². The average molecular weight is 583 g/mol. The number of anilines is 1. The Morgan fingerprint density at radius 1 is 0.884 bits per heavy atom. The maximum absolute atomic E-state index is 13.0. The molecule has 0 unspecified atom stereocenters. The van der Waals surface area contributed by atoms with Gasteiger partial charge >= 0.3 is 5.97 Å². The zero-order valence-electron chi connectivity index (χ0n) is 24.8. The van der Waals surface area contributed by atoms with E-state index < -0.39 is 16.4 Å². The standard InChI is InChI=1S/C33H34N4O6/c1-6-36(28-14-10-26(11-15-28)34-35-27-12-16-29(17-13-27)37(40)41)31(38)21-42-30-18-9-24-19-23(7-8-25(24)20-30)22(2)32(39)43-33(3,4)5/h7-20,22H,6,21H2,1-5H3/t22-/m1/s1. The molecule has 0 radical (unpaired) electrons. The van der Waals surface area contributed by atoms with Crippen LogP contribution in [-0.4, -0.2) is 35.6 Å². The molecule has 0 aliphatic carbocycles. The fourth-order valence-electron chi connectivity index (χ4n) is 4.31. The van der Waals surface area contributed by atoms with Crippen molar-refractivity contribution in [1.29, 1.82) is 0 Å². The molecule has 4 aromatic rings. The highest BCUT2D eigenvalue weighted by molar-refractivity contribution is 5.94. The van der Waals surface area contributed by atoms with Gasteiger partial charge in [0.25, 0.3) is 11.6 Å². The van der Waals surface area contributed by atoms with Crippen LogP contribution in [0.4, 0.5) is 22.7 Å². The highest BCUT2D eigenvalue weighted by Crippen LogP contribution is 2.28. The van der Waals surface area contributed by atoms with Crippen LogP contribution < -0.4 is 9.64 Å². The SMILES string of the molecule is CCN(C(=O)COc1ccc2cc([C@@H](C)C(=O)OC(C)(C)C)ccc2c1)c1ccc(N=Nc2ccc([N+](=O)[O-])cc2)cc1. The maximum Gasteiger partial charge on any atom is 0.313 e. The molecule has 10 nitrogen and oxygen atoms in total. The molecule has 0 saturated carbocycles. The van der Waals surface area contributed by atoms with Gasteiger partial charge in [0.05, 0.1) is 22.2 Å². The molecular formula is C33H34N4O6. The summed E-state index contributed by atoms with van der Waals surface area (Å²) < 4.78 is 11.4. The number of nitro groups is 1. The first-order valence-electron chi connectivity index (χ1n) is 13.9. The van der Waals surface area contributed by atoms with Crippen LogP contribution in [0.25, 0.3) is 10.8 Å². The first kappa shape index (κ1) is 30.8. The van der Waals surface area contributed by atoms with Crippen LogP contribution in [0.5, 0.6) is 5.75 Å². The minimum Gasteiger partial charge on any atom is -0.484 e. The number of azo groups is 1. The number of ether oxygens (including phenoxy) is 2. The number of amides is 1. The number of likely N-dealkylation sites (N-methyl/N-ethyl adjacent to an activating group) is 1. The number of rotatable bonds is 10. The fourth-order valence-corrected chi connectivity index (χ4v) is 4.31. The van der Waals surface area contributed by atoms with Gasteiger partial charge < -0.3 is 14.4 Å². The number of nitro benzene ring substituents is 1. The molecule has 0 aromatic heterocycles. The molecule has 0 fully saturated rings. The quantitative estimate of drug-likeness (QED) is 0.0807. The van der Waals surface area contributed by atoms with Gasteiger partial charge in [-0.05, 0) is 99.5 Å². The van der Waals surface area contributed by atoms with Crippen molar-refractivity contribution in [2.45, 2.75) is 46.1 Å². The van der Waals surface area contributed by atoms with Crippen LogP contribution >= 0.6 is 0 Å². The second-order valence-electron chi connectivity index (χ2n) is 10.9. The van der Waals surface area contributed by atoms with Crippen molar-refractivity contribution in [2.75, 3.05) is 18.1 Å². The monoisotopic (exact) mass is 582 g/mol. The van der Waals surface area contributed by atoms with Crippen LogP contribution in [0.15, 0.2) is 95.2 Å². The molecule has 1 amide bonds. The number of esters is 1. The summed E-state index contributed by atoms with van der Waals surface area (Å²) in [7, 11) is 0. The summed E-state index contributed by atoms with van der Waals surface area (Å²) >= 11 is 0. The van der Waals surface area contributed by atoms with Crippen LogP contribution in [0.3, 0.4) is 0 Å². The molecule has 0 heterocycles. The Labute approximate surface area is 250 Å². The zero-order chi connectivity index (χ0) is 31.1. The van der Waals surface area contributed by atoms with E-state index in [2.05, 4.69) is 10.2 Å². The number of hydrogen-bond donors (Lipinski definition) is 0. The van der Waals surface area contributed by atoms with Crippen molar-refractivity contribution in [3.63, 3.8) is 0 Å². The summed E-state index contributed by atoms with van der Waals surface area (Å²) in [6.07, 6.45) is 0. The number of fused-ring (bicyclic) bond motifs is 1. The van der Waals surface area contributed by atoms with Crippen LogP contribution in [0.1, 0.15) is 46.1 Å². The van der Waals surface area contributed by atoms with Crippen molar-refractivity contribution in [3.05, 3.63) is 101 Å². The predicted molar refractivity (Wildman–Crippen MR) is 165 cm³/mol. The topological polar surface area (TPSA) is 124 Å². The van der Waals surface area contributed by atoms with E-state index in [1.54, 1.807) is 35.2 Å². The number of carbonyl (C=O) groups excluding carboxylic acids is 2. The van der Waals surface area contributed by atoms with Gasteiger partial charge in [-0.15, -0.1) is 0 Å². The van der Waals surface area contributed by atoms with E-state index in [0.717, 1.165) is 16.3 Å². The highest BCUT2D eigenvalue weighted by Gasteiger charge is 2.23. The zero-order valence-corrected chi connectivity index (χ0v) is 24.8. The van der Waals surface area contributed by atoms with Crippen molar-refractivity contribution in [3.8, 4) is 5.75 Å². The Hall–Kier alpha value is -5.12. The lowest BCUT2D eigenvalue weighted by Gasteiger charge is -2.22. The molecule has 43 heavy (non-hydrogen) atoms. The van der Waals surface area contributed by atoms with E-state index in [0.29, 0.717) is 29.4 Å². The summed E-state index contributed by atoms with van der Waals surface area (Å²) in [6, 6.07) is 24.2. The first-order chi connectivity index (χ1) is 20.4. The lowest BCUT2D eigenvalue weighted by Crippen LogP contribution is -2.34. The van der Waals surface area contributed by atoms with Crippen molar-refractivity contribution >= 4 is 45.4 Å². The van der Waals surface area contributed by atoms with Crippen LogP contribution in [0.2, 0.25) is 0 Å². The fraction of sp³-hybridized carbons (Fsp3) is 0.273. The van der Waals surface area contributed by atoms with E-state index in [9.17, 15) is 19.7 Å². The van der Waals surface area contributed by atoms with Crippen molar-refractivity contribution in [1.82, 2.24) is 0 Å². The molecule has 0 aliphatic rings. The first-order valence-corrected chi connectivity index (χ1v) is 13.9. The summed E-state index contributed by atoms with van der Waals surface area (Å²) in [5.74, 6) is -0.312. The second kappa shape index (κ2) is 13.2. The van der Waals surface area contributed by atoms with Gasteiger partial charge in [-0.2, -0.15) is 10.2 Å². The third-order valence-corrected chi connectivity index (χ3v) is 6.58. The summed E-state index contributed by atoms with van der Waals surface area (Å²) in [5.41, 5.74) is 2.05. The predicted octanol–water partition coefficient (Wildman–Crippen LogP) is 8.04. The maximum atomic E-state index is 13.0. The van der Waals surface area contributed by atoms with Crippen LogP contribution in [0, 0.1) is 10.1 Å². The Kier molecular flexibility index (Phi) is 9.49. The van der Waals surface area contributed by atoms with Gasteiger partial charge in [0.2, 0.25) is 0 Å². The number of hydrogen-bond acceptors (Lipinski definition) is 8. The normalized spacial score (nSPS) is 12.2. The largest absolute Gasteiger partial charge is 0.484 e. The molecule has 0 bridgehead atoms. The Bertz CT molecular complexity index is 1640. The molecule has 4 aromatic carbocycles. The molecular weight excluding hydrogens is 548 g/mol. The number of benzene rings is 4. The summed E-state index contributed by atoms with van der Waals surface area (Å²) in [4.78, 5) is 37.5. The molecule has 0 spiro atoms. The van der Waals surface area contributed by atoms with E-state index in [4.69, 9.17) is 9.47 Å². The number of non-ortho nitro benzene ring substituents is 1. The van der Waals surface area contributed by atoms with Gasteiger partial charge in [-0.1, -0.05) is 24.3 Å². The lowest BCUT2D eigenvalue weighted by atomic mass is 9.97. The van der Waals surface area contributed by atoms with Gasteiger partial charge in [-0.3, -0.25) is 19.7 Å². The number of carbonyl (C=O) groups is 2. The van der Waals surface area contributed by atoms with E-state index in [1.165, 1.54) is 24.3 Å². The summed E-state index contributed by atoms with van der Waals surface area (Å²) in [6.45, 7) is 9.56. The molecule has 222 valence electrons. The molecule has 1 atom stereocenters. The van der Waals surface area contributed by atoms with Gasteiger partial charge in [0, 0.05) is 24.4 Å². The number of nitrogens with zero attached hydrogens (tertiary/aromatic N) is 4.